The fraction of sp³-hybridized carbons (Fsp3) is 0.667. The maximum Gasteiger partial charge on any atom is 0.237 e. The molecule has 0 saturated carbocycles. The Kier molecular flexibility index (Phi) is 3.12. The molecule has 78 valence electrons. The van der Waals surface area contributed by atoms with Gasteiger partial charge in [-0.2, -0.15) is 0 Å². The zero-order valence-corrected chi connectivity index (χ0v) is 8.79. The van der Waals surface area contributed by atoms with E-state index in [0.717, 1.165) is 37.2 Å². The van der Waals surface area contributed by atoms with Crippen LogP contribution in [0.5, 0.6) is 0 Å². The molecule has 0 spiro atoms. The summed E-state index contributed by atoms with van der Waals surface area (Å²) < 4.78 is 11.3. The van der Waals surface area contributed by atoms with Crippen LogP contribution in [0.15, 0.2) is 23.7 Å². The molecule has 0 heterocycles. The highest BCUT2D eigenvalue weighted by Crippen LogP contribution is 2.24. The van der Waals surface area contributed by atoms with Crippen molar-refractivity contribution in [2.45, 2.75) is 51.7 Å². The first kappa shape index (κ1) is 9.63. The molecule has 0 saturated heterocycles. The molecule has 2 rings (SSSR count). The van der Waals surface area contributed by atoms with Gasteiger partial charge in [0.1, 0.15) is 0 Å². The Balaban J connectivity index is 1.74. The average molecular weight is 194 g/mol. The molecular formula is C12H18O2. The topological polar surface area (TPSA) is 18.5 Å². The van der Waals surface area contributed by atoms with Gasteiger partial charge in [-0.05, 0) is 37.8 Å². The third kappa shape index (κ3) is 2.53. The molecule has 0 aliphatic heterocycles. The van der Waals surface area contributed by atoms with Gasteiger partial charge in [0.2, 0.25) is 6.29 Å². The van der Waals surface area contributed by atoms with Crippen molar-refractivity contribution < 1.29 is 9.47 Å². The minimum absolute atomic E-state index is 0.122. The molecule has 0 aromatic heterocycles. The van der Waals surface area contributed by atoms with Crippen molar-refractivity contribution >= 4 is 0 Å². The van der Waals surface area contributed by atoms with Crippen LogP contribution in [0, 0.1) is 0 Å². The summed E-state index contributed by atoms with van der Waals surface area (Å²) in [5, 5.41) is 0. The minimum atomic E-state index is -0.122. The number of allylic oxidation sites excluding steroid dienone is 4. The number of ether oxygens (including phenoxy) is 2. The molecule has 0 fully saturated rings. The Morgan fingerprint density at radius 1 is 1.00 bits per heavy atom. The monoisotopic (exact) mass is 194 g/mol. The highest BCUT2D eigenvalue weighted by atomic mass is 16.7. The Bertz CT molecular complexity index is 227. The summed E-state index contributed by atoms with van der Waals surface area (Å²) >= 11 is 0. The number of hydrogen-bond donors (Lipinski definition) is 0. The van der Waals surface area contributed by atoms with Gasteiger partial charge in [-0.25, -0.2) is 0 Å². The van der Waals surface area contributed by atoms with Crippen molar-refractivity contribution in [2.75, 3.05) is 0 Å². The molecule has 2 nitrogen and oxygen atoms in total. The Morgan fingerprint density at radius 3 is 1.86 bits per heavy atom. The average Bonchev–Trinajstić information content (AvgIpc) is 2.76. The smallest absolute Gasteiger partial charge is 0.237 e. The predicted octanol–water partition coefficient (Wildman–Crippen LogP) is 3.50. The van der Waals surface area contributed by atoms with E-state index in [1.165, 1.54) is 12.8 Å². The standard InChI is InChI=1S/C12H18O2/c1-10(13-11-6-2-3-7-11)14-12-8-4-5-9-12/h6,8,10H,2-5,7,9H2,1H3. The van der Waals surface area contributed by atoms with Crippen molar-refractivity contribution in [3.63, 3.8) is 0 Å². The molecule has 14 heavy (non-hydrogen) atoms. The van der Waals surface area contributed by atoms with Gasteiger partial charge in [0.05, 0.1) is 11.5 Å². The summed E-state index contributed by atoms with van der Waals surface area (Å²) in [5.41, 5.74) is 0. The lowest BCUT2D eigenvalue weighted by molar-refractivity contribution is -0.0747. The van der Waals surface area contributed by atoms with E-state index in [9.17, 15) is 0 Å². The second-order valence-electron chi connectivity index (χ2n) is 3.93. The minimum Gasteiger partial charge on any atom is -0.460 e. The van der Waals surface area contributed by atoms with E-state index < -0.39 is 0 Å². The molecule has 0 N–H and O–H groups in total. The van der Waals surface area contributed by atoms with Gasteiger partial charge in [0, 0.05) is 19.8 Å². The second kappa shape index (κ2) is 4.54. The normalized spacial score (nSPS) is 21.0. The van der Waals surface area contributed by atoms with Crippen LogP contribution >= 0.6 is 0 Å². The van der Waals surface area contributed by atoms with E-state index in [-0.39, 0.29) is 6.29 Å². The second-order valence-corrected chi connectivity index (χ2v) is 3.93. The van der Waals surface area contributed by atoms with Crippen molar-refractivity contribution in [3.8, 4) is 0 Å². The molecule has 0 aromatic carbocycles. The molecule has 0 radical (unpaired) electrons. The van der Waals surface area contributed by atoms with Crippen LogP contribution in [-0.4, -0.2) is 6.29 Å². The van der Waals surface area contributed by atoms with Gasteiger partial charge >= 0.3 is 0 Å². The highest BCUT2D eigenvalue weighted by molar-refractivity contribution is 5.01. The summed E-state index contributed by atoms with van der Waals surface area (Å²) in [7, 11) is 0. The van der Waals surface area contributed by atoms with Crippen LogP contribution < -0.4 is 0 Å². The van der Waals surface area contributed by atoms with Crippen molar-refractivity contribution in [2.24, 2.45) is 0 Å². The molecule has 0 atom stereocenters. The Labute approximate surface area is 85.6 Å². The fourth-order valence-electron chi connectivity index (χ4n) is 1.95. The maximum absolute atomic E-state index is 5.67. The Hall–Kier alpha value is -0.920. The van der Waals surface area contributed by atoms with Crippen LogP contribution in [0.25, 0.3) is 0 Å². The fourth-order valence-corrected chi connectivity index (χ4v) is 1.95. The van der Waals surface area contributed by atoms with Gasteiger partial charge in [-0.15, -0.1) is 0 Å². The summed E-state index contributed by atoms with van der Waals surface area (Å²) in [6, 6.07) is 0. The lowest BCUT2D eigenvalue weighted by atomic mass is 10.3. The molecule has 2 aliphatic carbocycles. The molecular weight excluding hydrogens is 176 g/mol. The zero-order valence-electron chi connectivity index (χ0n) is 8.79. The van der Waals surface area contributed by atoms with Crippen LogP contribution in [0.3, 0.4) is 0 Å². The van der Waals surface area contributed by atoms with Crippen molar-refractivity contribution in [3.05, 3.63) is 23.7 Å². The van der Waals surface area contributed by atoms with Gasteiger partial charge in [0.25, 0.3) is 0 Å². The largest absolute Gasteiger partial charge is 0.460 e. The van der Waals surface area contributed by atoms with Gasteiger partial charge in [-0.3, -0.25) is 0 Å². The van der Waals surface area contributed by atoms with Crippen LogP contribution in [-0.2, 0) is 9.47 Å². The zero-order chi connectivity index (χ0) is 9.80. The summed E-state index contributed by atoms with van der Waals surface area (Å²) in [6.07, 6.45) is 11.1. The van der Waals surface area contributed by atoms with Crippen molar-refractivity contribution in [1.82, 2.24) is 0 Å². The number of rotatable bonds is 4. The first-order valence-corrected chi connectivity index (χ1v) is 5.56. The van der Waals surface area contributed by atoms with Gasteiger partial charge in [0.15, 0.2) is 0 Å². The summed E-state index contributed by atoms with van der Waals surface area (Å²) in [4.78, 5) is 0. The maximum atomic E-state index is 5.67. The van der Waals surface area contributed by atoms with E-state index >= 15 is 0 Å². The summed E-state index contributed by atoms with van der Waals surface area (Å²) in [6.45, 7) is 1.97. The van der Waals surface area contributed by atoms with Gasteiger partial charge in [-0.1, -0.05) is 0 Å². The molecule has 2 heteroatoms. The Morgan fingerprint density at radius 2 is 1.50 bits per heavy atom. The van der Waals surface area contributed by atoms with Gasteiger partial charge < -0.3 is 9.47 Å². The van der Waals surface area contributed by atoms with E-state index in [1.54, 1.807) is 0 Å². The van der Waals surface area contributed by atoms with E-state index in [2.05, 4.69) is 12.2 Å². The van der Waals surface area contributed by atoms with Crippen LogP contribution in [0.2, 0.25) is 0 Å². The van der Waals surface area contributed by atoms with E-state index in [0.29, 0.717) is 0 Å². The highest BCUT2D eigenvalue weighted by Gasteiger charge is 2.13. The molecule has 2 aliphatic rings. The quantitative estimate of drug-likeness (QED) is 0.638. The van der Waals surface area contributed by atoms with Crippen molar-refractivity contribution in [1.29, 1.82) is 0 Å². The third-order valence-electron chi connectivity index (χ3n) is 2.63. The molecule has 0 bridgehead atoms. The number of hydrogen-bond acceptors (Lipinski definition) is 2. The predicted molar refractivity (Wildman–Crippen MR) is 55.5 cm³/mol. The third-order valence-corrected chi connectivity index (χ3v) is 2.63. The van der Waals surface area contributed by atoms with Crippen LogP contribution in [0.1, 0.15) is 45.4 Å². The first-order valence-electron chi connectivity index (χ1n) is 5.56. The summed E-state index contributed by atoms with van der Waals surface area (Å²) in [5.74, 6) is 2.21. The molecule has 0 aromatic rings. The lowest BCUT2D eigenvalue weighted by Crippen LogP contribution is -2.11. The first-order chi connectivity index (χ1) is 6.84. The van der Waals surface area contributed by atoms with E-state index in [1.807, 2.05) is 6.92 Å². The van der Waals surface area contributed by atoms with Crippen LogP contribution in [0.4, 0.5) is 0 Å². The molecule has 0 amide bonds. The van der Waals surface area contributed by atoms with E-state index in [4.69, 9.17) is 9.47 Å². The molecule has 0 unspecified atom stereocenters. The SMILES string of the molecule is CC(OC1=CCCC1)OC1=CCCC1. The lowest BCUT2D eigenvalue weighted by Gasteiger charge is -2.17.